The SMILES string of the molecule is O=C(COC(=O)c1cc([N+](=O)[O-])ccc1N1CCOCC1)c1ccc2c(c1)CCCC2. The quantitative estimate of drug-likeness (QED) is 0.303. The number of non-ortho nitro benzene ring substituents is 1. The highest BCUT2D eigenvalue weighted by Crippen LogP contribution is 2.27. The van der Waals surface area contributed by atoms with E-state index in [4.69, 9.17) is 9.47 Å². The molecule has 0 spiro atoms. The van der Waals surface area contributed by atoms with E-state index in [1.54, 1.807) is 12.1 Å². The van der Waals surface area contributed by atoms with E-state index in [1.165, 1.54) is 23.3 Å². The number of rotatable bonds is 6. The van der Waals surface area contributed by atoms with E-state index in [2.05, 4.69) is 0 Å². The van der Waals surface area contributed by atoms with Crippen LogP contribution in [-0.4, -0.2) is 49.6 Å². The molecule has 0 N–H and O–H groups in total. The van der Waals surface area contributed by atoms with Crippen LogP contribution in [0.15, 0.2) is 36.4 Å². The van der Waals surface area contributed by atoms with Crippen molar-refractivity contribution < 1.29 is 24.0 Å². The largest absolute Gasteiger partial charge is 0.454 e. The standard InChI is InChI=1S/C23H24N2O6/c26-22(18-6-5-16-3-1-2-4-17(16)13-18)15-31-23(27)20-14-19(25(28)29)7-8-21(20)24-9-11-30-12-10-24/h5-8,13-14H,1-4,9-12,15H2. The third-order valence-electron chi connectivity index (χ3n) is 5.77. The van der Waals surface area contributed by atoms with Gasteiger partial charge in [0.2, 0.25) is 0 Å². The maximum atomic E-state index is 12.8. The molecule has 0 radical (unpaired) electrons. The Hall–Kier alpha value is -3.26. The van der Waals surface area contributed by atoms with Gasteiger partial charge < -0.3 is 14.4 Å². The fourth-order valence-electron chi connectivity index (χ4n) is 4.08. The molecule has 2 aromatic rings. The molecule has 0 saturated carbocycles. The van der Waals surface area contributed by atoms with Crippen molar-refractivity contribution >= 4 is 23.1 Å². The van der Waals surface area contributed by atoms with Crippen molar-refractivity contribution in [3.8, 4) is 0 Å². The number of Topliss-reactive ketones (excluding diaryl/α,β-unsaturated/α-hetero) is 1. The molecule has 0 bridgehead atoms. The summed E-state index contributed by atoms with van der Waals surface area (Å²) in [5.41, 5.74) is 3.38. The van der Waals surface area contributed by atoms with E-state index >= 15 is 0 Å². The van der Waals surface area contributed by atoms with Crippen molar-refractivity contribution in [1.29, 1.82) is 0 Å². The highest BCUT2D eigenvalue weighted by Gasteiger charge is 2.24. The van der Waals surface area contributed by atoms with E-state index in [0.29, 0.717) is 37.6 Å². The number of fused-ring (bicyclic) bond motifs is 1. The zero-order chi connectivity index (χ0) is 21.8. The fourth-order valence-corrected chi connectivity index (χ4v) is 4.08. The van der Waals surface area contributed by atoms with Gasteiger partial charge in [-0.15, -0.1) is 0 Å². The van der Waals surface area contributed by atoms with E-state index in [0.717, 1.165) is 25.7 Å². The molecule has 1 aliphatic heterocycles. The van der Waals surface area contributed by atoms with Crippen molar-refractivity contribution in [1.82, 2.24) is 0 Å². The lowest BCUT2D eigenvalue weighted by Gasteiger charge is -2.30. The lowest BCUT2D eigenvalue weighted by atomic mass is 9.90. The molecule has 2 aliphatic rings. The van der Waals surface area contributed by atoms with Crippen LogP contribution in [0.5, 0.6) is 0 Å². The van der Waals surface area contributed by atoms with Crippen molar-refractivity contribution in [3.63, 3.8) is 0 Å². The van der Waals surface area contributed by atoms with Gasteiger partial charge in [0, 0.05) is 30.8 Å². The number of ketones is 1. The number of hydrogen-bond acceptors (Lipinski definition) is 7. The summed E-state index contributed by atoms with van der Waals surface area (Å²) in [4.78, 5) is 38.0. The molecular formula is C23H24N2O6. The Morgan fingerprint density at radius 2 is 1.77 bits per heavy atom. The minimum atomic E-state index is -0.753. The minimum absolute atomic E-state index is 0.0781. The predicted octanol–water partition coefficient (Wildman–Crippen LogP) is 3.35. The fraction of sp³-hybridized carbons (Fsp3) is 0.391. The Kier molecular flexibility index (Phi) is 6.27. The second-order valence-electron chi connectivity index (χ2n) is 7.75. The number of nitrogens with zero attached hydrogens (tertiary/aromatic N) is 2. The first-order chi connectivity index (χ1) is 15.0. The van der Waals surface area contributed by atoms with Gasteiger partial charge in [-0.05, 0) is 48.9 Å². The zero-order valence-electron chi connectivity index (χ0n) is 17.2. The van der Waals surface area contributed by atoms with Crippen molar-refractivity contribution in [3.05, 3.63) is 68.8 Å². The Labute approximate surface area is 179 Å². The third kappa shape index (κ3) is 4.74. The van der Waals surface area contributed by atoms with Gasteiger partial charge in [0.25, 0.3) is 5.69 Å². The molecule has 162 valence electrons. The molecule has 0 aromatic heterocycles. The number of hydrogen-bond donors (Lipinski definition) is 0. The van der Waals surface area contributed by atoms with Crippen LogP contribution in [0.25, 0.3) is 0 Å². The van der Waals surface area contributed by atoms with E-state index in [-0.39, 0.29) is 17.0 Å². The number of nitro groups is 1. The van der Waals surface area contributed by atoms with E-state index in [1.807, 2.05) is 17.0 Å². The van der Waals surface area contributed by atoms with E-state index < -0.39 is 17.5 Å². The minimum Gasteiger partial charge on any atom is -0.454 e. The second-order valence-corrected chi connectivity index (χ2v) is 7.75. The van der Waals surface area contributed by atoms with Crippen LogP contribution < -0.4 is 4.90 Å². The molecule has 1 aliphatic carbocycles. The van der Waals surface area contributed by atoms with Gasteiger partial charge >= 0.3 is 5.97 Å². The summed E-state index contributed by atoms with van der Waals surface area (Å²) in [6, 6.07) is 9.74. The maximum absolute atomic E-state index is 12.8. The number of morpholine rings is 1. The molecule has 4 rings (SSSR count). The molecule has 1 heterocycles. The van der Waals surface area contributed by atoms with Crippen LogP contribution in [0.1, 0.15) is 44.7 Å². The summed E-state index contributed by atoms with van der Waals surface area (Å²) in [7, 11) is 0. The predicted molar refractivity (Wildman–Crippen MR) is 114 cm³/mol. The monoisotopic (exact) mass is 424 g/mol. The molecule has 1 saturated heterocycles. The zero-order valence-corrected chi connectivity index (χ0v) is 17.2. The van der Waals surface area contributed by atoms with Crippen LogP contribution in [0.2, 0.25) is 0 Å². The Morgan fingerprint density at radius 1 is 1.03 bits per heavy atom. The highest BCUT2D eigenvalue weighted by molar-refractivity contribution is 6.01. The van der Waals surface area contributed by atoms with Crippen LogP contribution in [0, 0.1) is 10.1 Å². The second kappa shape index (κ2) is 9.26. The van der Waals surface area contributed by atoms with Crippen molar-refractivity contribution in [2.75, 3.05) is 37.8 Å². The molecule has 31 heavy (non-hydrogen) atoms. The molecule has 0 unspecified atom stereocenters. The van der Waals surface area contributed by atoms with Crippen LogP contribution in [0.4, 0.5) is 11.4 Å². The van der Waals surface area contributed by atoms with Crippen LogP contribution in [0.3, 0.4) is 0 Å². The summed E-state index contributed by atoms with van der Waals surface area (Å²) >= 11 is 0. The molecule has 8 heteroatoms. The van der Waals surface area contributed by atoms with Gasteiger partial charge in [0.15, 0.2) is 12.4 Å². The van der Waals surface area contributed by atoms with Gasteiger partial charge in [0.05, 0.1) is 29.4 Å². The summed E-state index contributed by atoms with van der Waals surface area (Å²) in [6.45, 7) is 1.71. The Balaban J connectivity index is 1.50. The maximum Gasteiger partial charge on any atom is 0.340 e. The molecule has 8 nitrogen and oxygen atoms in total. The number of carbonyl (C=O) groups is 2. The smallest absolute Gasteiger partial charge is 0.340 e. The lowest BCUT2D eigenvalue weighted by molar-refractivity contribution is -0.384. The van der Waals surface area contributed by atoms with Gasteiger partial charge in [-0.1, -0.05) is 12.1 Å². The molecule has 1 fully saturated rings. The number of carbonyl (C=O) groups excluding carboxylic acids is 2. The molecule has 0 atom stereocenters. The number of aryl methyl sites for hydroxylation is 2. The van der Waals surface area contributed by atoms with Gasteiger partial charge in [0.1, 0.15) is 0 Å². The van der Waals surface area contributed by atoms with Gasteiger partial charge in [-0.25, -0.2) is 4.79 Å². The highest BCUT2D eigenvalue weighted by atomic mass is 16.6. The number of esters is 1. The summed E-state index contributed by atoms with van der Waals surface area (Å²) in [6.07, 6.45) is 4.24. The number of nitro benzene ring substituents is 1. The molecular weight excluding hydrogens is 400 g/mol. The summed E-state index contributed by atoms with van der Waals surface area (Å²) in [5.74, 6) is -1.04. The summed E-state index contributed by atoms with van der Waals surface area (Å²) in [5, 5.41) is 11.2. The van der Waals surface area contributed by atoms with E-state index in [9.17, 15) is 19.7 Å². The number of benzene rings is 2. The third-order valence-corrected chi connectivity index (χ3v) is 5.77. The topological polar surface area (TPSA) is 99.0 Å². The van der Waals surface area contributed by atoms with Crippen LogP contribution in [-0.2, 0) is 22.3 Å². The average molecular weight is 424 g/mol. The van der Waals surface area contributed by atoms with Crippen molar-refractivity contribution in [2.45, 2.75) is 25.7 Å². The molecule has 2 aromatic carbocycles. The molecule has 0 amide bonds. The normalized spacial score (nSPS) is 15.8. The van der Waals surface area contributed by atoms with Crippen LogP contribution >= 0.6 is 0 Å². The van der Waals surface area contributed by atoms with Crippen molar-refractivity contribution in [2.24, 2.45) is 0 Å². The Morgan fingerprint density at radius 3 is 2.52 bits per heavy atom. The lowest BCUT2D eigenvalue weighted by Crippen LogP contribution is -2.37. The van der Waals surface area contributed by atoms with Gasteiger partial charge in [-0.2, -0.15) is 0 Å². The first-order valence-corrected chi connectivity index (χ1v) is 10.5. The number of anilines is 1. The first kappa shape index (κ1) is 21.0. The summed E-state index contributed by atoms with van der Waals surface area (Å²) < 4.78 is 10.6. The first-order valence-electron chi connectivity index (χ1n) is 10.5. The Bertz CT molecular complexity index is 1010. The van der Waals surface area contributed by atoms with Gasteiger partial charge in [-0.3, -0.25) is 14.9 Å². The number of ether oxygens (including phenoxy) is 2. The average Bonchev–Trinajstić information content (AvgIpc) is 2.82.